The summed E-state index contributed by atoms with van der Waals surface area (Å²) in [5, 5.41) is 2.37. The fraction of sp³-hybridized carbons (Fsp3) is 0.133. The van der Waals surface area contributed by atoms with E-state index in [0.29, 0.717) is 11.8 Å². The second-order valence-corrected chi connectivity index (χ2v) is 6.51. The van der Waals surface area contributed by atoms with Crippen molar-refractivity contribution in [1.82, 2.24) is 0 Å². The molecule has 6 nitrogen and oxygen atoms in total. The van der Waals surface area contributed by atoms with Crippen molar-refractivity contribution in [1.29, 1.82) is 0 Å². The van der Waals surface area contributed by atoms with E-state index in [9.17, 15) is 26.4 Å². The summed E-state index contributed by atoms with van der Waals surface area (Å²) in [6, 6.07) is 8.90. The van der Waals surface area contributed by atoms with Crippen LogP contribution in [0.25, 0.3) is 0 Å². The third kappa shape index (κ3) is 4.86. The molecule has 0 fully saturated rings. The zero-order valence-electron chi connectivity index (χ0n) is 12.8. The zero-order chi connectivity index (χ0) is 18.7. The van der Waals surface area contributed by atoms with Crippen molar-refractivity contribution in [2.24, 2.45) is 0 Å². The highest BCUT2D eigenvalue weighted by atomic mass is 32.2. The standard InChI is InChI=1S/C15H13F3N2O4S/c1-24-14(21)19-11-5-7-12(8-6-11)20-25(22,23)13-4-2-3-10(9-13)15(16,17)18/h2-9,20H,1H3,(H,19,21). The van der Waals surface area contributed by atoms with Gasteiger partial charge in [-0.25, -0.2) is 13.2 Å². The normalized spacial score (nSPS) is 11.7. The van der Waals surface area contributed by atoms with Gasteiger partial charge in [-0.3, -0.25) is 10.0 Å². The van der Waals surface area contributed by atoms with E-state index in [1.807, 2.05) is 0 Å². The molecular formula is C15H13F3N2O4S. The molecule has 2 rings (SSSR count). The molecule has 0 atom stereocenters. The molecule has 0 radical (unpaired) electrons. The molecule has 0 bridgehead atoms. The lowest BCUT2D eigenvalue weighted by Gasteiger charge is -2.11. The number of amides is 1. The van der Waals surface area contributed by atoms with Crippen LogP contribution in [-0.4, -0.2) is 21.6 Å². The van der Waals surface area contributed by atoms with Crippen LogP contribution in [0.4, 0.5) is 29.3 Å². The monoisotopic (exact) mass is 374 g/mol. The van der Waals surface area contributed by atoms with Gasteiger partial charge in [-0.15, -0.1) is 0 Å². The SMILES string of the molecule is COC(=O)Nc1ccc(NS(=O)(=O)c2cccc(C(F)(F)F)c2)cc1. The van der Waals surface area contributed by atoms with Gasteiger partial charge in [0.2, 0.25) is 0 Å². The highest BCUT2D eigenvalue weighted by molar-refractivity contribution is 7.92. The van der Waals surface area contributed by atoms with Crippen molar-refractivity contribution < 1.29 is 31.1 Å². The number of ether oxygens (including phenoxy) is 1. The summed E-state index contributed by atoms with van der Waals surface area (Å²) >= 11 is 0. The summed E-state index contributed by atoms with van der Waals surface area (Å²) in [4.78, 5) is 10.5. The lowest BCUT2D eigenvalue weighted by molar-refractivity contribution is -0.137. The van der Waals surface area contributed by atoms with Gasteiger partial charge >= 0.3 is 12.3 Å². The summed E-state index contributed by atoms with van der Waals surface area (Å²) in [7, 11) is -3.01. The van der Waals surface area contributed by atoms with E-state index in [0.717, 1.165) is 18.2 Å². The Balaban J connectivity index is 2.20. The second kappa shape index (κ2) is 7.01. The lowest BCUT2D eigenvalue weighted by atomic mass is 10.2. The van der Waals surface area contributed by atoms with Gasteiger partial charge in [0.25, 0.3) is 10.0 Å². The number of carbonyl (C=O) groups is 1. The number of alkyl halides is 3. The van der Waals surface area contributed by atoms with Crippen LogP contribution in [0.15, 0.2) is 53.4 Å². The number of carbonyl (C=O) groups excluding carboxylic acids is 1. The fourth-order valence-corrected chi connectivity index (χ4v) is 2.95. The predicted molar refractivity (Wildman–Crippen MR) is 84.7 cm³/mol. The van der Waals surface area contributed by atoms with Crippen molar-refractivity contribution in [2.45, 2.75) is 11.1 Å². The zero-order valence-corrected chi connectivity index (χ0v) is 13.6. The number of methoxy groups -OCH3 is 1. The van der Waals surface area contributed by atoms with E-state index < -0.39 is 32.8 Å². The molecule has 0 aliphatic carbocycles. The van der Waals surface area contributed by atoms with Gasteiger partial charge in [0.1, 0.15) is 0 Å². The molecule has 10 heteroatoms. The summed E-state index contributed by atoms with van der Waals surface area (Å²) in [6.45, 7) is 0. The second-order valence-electron chi connectivity index (χ2n) is 4.83. The van der Waals surface area contributed by atoms with Crippen LogP contribution >= 0.6 is 0 Å². The molecule has 0 aliphatic heterocycles. The van der Waals surface area contributed by atoms with Gasteiger partial charge in [-0.05, 0) is 42.5 Å². The number of nitrogens with one attached hydrogen (secondary N) is 2. The van der Waals surface area contributed by atoms with Crippen LogP contribution in [0.5, 0.6) is 0 Å². The summed E-state index contributed by atoms with van der Waals surface area (Å²) in [5.74, 6) is 0. The Morgan fingerprint density at radius 1 is 1.04 bits per heavy atom. The lowest BCUT2D eigenvalue weighted by Crippen LogP contribution is -2.15. The fourth-order valence-electron chi connectivity index (χ4n) is 1.84. The summed E-state index contributed by atoms with van der Waals surface area (Å²) in [5.41, 5.74) is -0.588. The highest BCUT2D eigenvalue weighted by Crippen LogP contribution is 2.30. The van der Waals surface area contributed by atoms with Gasteiger partial charge in [0.05, 0.1) is 17.6 Å². The third-order valence-corrected chi connectivity index (χ3v) is 4.42. The summed E-state index contributed by atoms with van der Waals surface area (Å²) in [6.07, 6.45) is -5.34. The summed E-state index contributed by atoms with van der Waals surface area (Å²) < 4.78 is 69.1. The van der Waals surface area contributed by atoms with E-state index in [4.69, 9.17) is 0 Å². The van der Waals surface area contributed by atoms with Crippen molar-refractivity contribution in [3.8, 4) is 0 Å². The van der Waals surface area contributed by atoms with E-state index in [2.05, 4.69) is 14.8 Å². The van der Waals surface area contributed by atoms with Crippen molar-refractivity contribution in [3.63, 3.8) is 0 Å². The quantitative estimate of drug-likeness (QED) is 0.855. The predicted octanol–water partition coefficient (Wildman–Crippen LogP) is 3.68. The minimum atomic E-state index is -4.65. The number of anilines is 2. The van der Waals surface area contributed by atoms with E-state index in [-0.39, 0.29) is 5.69 Å². The van der Waals surface area contributed by atoms with Crippen molar-refractivity contribution in [3.05, 3.63) is 54.1 Å². The molecule has 0 saturated carbocycles. The largest absolute Gasteiger partial charge is 0.453 e. The first-order chi connectivity index (χ1) is 11.6. The van der Waals surface area contributed by atoms with E-state index in [1.54, 1.807) is 0 Å². The minimum Gasteiger partial charge on any atom is -0.453 e. The number of rotatable bonds is 4. The Labute approximate surface area is 141 Å². The molecule has 0 heterocycles. The Kier molecular flexibility index (Phi) is 5.21. The molecule has 2 aromatic carbocycles. The van der Waals surface area contributed by atoms with Crippen LogP contribution in [-0.2, 0) is 20.9 Å². The number of benzene rings is 2. The topological polar surface area (TPSA) is 84.5 Å². The van der Waals surface area contributed by atoms with Gasteiger partial charge in [-0.1, -0.05) is 6.07 Å². The Bertz CT molecular complexity index is 865. The molecule has 1 amide bonds. The molecule has 25 heavy (non-hydrogen) atoms. The highest BCUT2D eigenvalue weighted by Gasteiger charge is 2.31. The third-order valence-electron chi connectivity index (χ3n) is 3.04. The Morgan fingerprint density at radius 2 is 1.64 bits per heavy atom. The smallest absolute Gasteiger partial charge is 0.416 e. The minimum absolute atomic E-state index is 0.118. The van der Waals surface area contributed by atoms with E-state index in [1.165, 1.54) is 31.4 Å². The van der Waals surface area contributed by atoms with Crippen LogP contribution in [0, 0.1) is 0 Å². The number of hydrogen-bond acceptors (Lipinski definition) is 4. The molecule has 0 aromatic heterocycles. The molecule has 134 valence electrons. The number of hydrogen-bond donors (Lipinski definition) is 2. The average molecular weight is 374 g/mol. The average Bonchev–Trinajstić information content (AvgIpc) is 2.55. The van der Waals surface area contributed by atoms with Crippen LogP contribution < -0.4 is 10.0 Å². The molecule has 2 N–H and O–H groups in total. The maximum atomic E-state index is 12.7. The molecule has 0 aliphatic rings. The maximum absolute atomic E-state index is 12.7. The first-order valence-corrected chi connectivity index (χ1v) is 8.25. The van der Waals surface area contributed by atoms with E-state index >= 15 is 0 Å². The molecule has 2 aromatic rings. The molecule has 0 saturated heterocycles. The molecular weight excluding hydrogens is 361 g/mol. The van der Waals surface area contributed by atoms with Gasteiger partial charge < -0.3 is 4.74 Å². The van der Waals surface area contributed by atoms with Gasteiger partial charge in [0, 0.05) is 11.4 Å². The van der Waals surface area contributed by atoms with Gasteiger partial charge in [-0.2, -0.15) is 13.2 Å². The molecule has 0 unspecified atom stereocenters. The Morgan fingerprint density at radius 3 is 2.20 bits per heavy atom. The van der Waals surface area contributed by atoms with Gasteiger partial charge in [0.15, 0.2) is 0 Å². The number of sulfonamides is 1. The first-order valence-electron chi connectivity index (χ1n) is 6.77. The van der Waals surface area contributed by atoms with Crippen LogP contribution in [0.3, 0.4) is 0 Å². The van der Waals surface area contributed by atoms with Crippen LogP contribution in [0.1, 0.15) is 5.56 Å². The maximum Gasteiger partial charge on any atom is 0.416 e. The molecule has 0 spiro atoms. The van der Waals surface area contributed by atoms with Crippen molar-refractivity contribution in [2.75, 3.05) is 17.1 Å². The Hall–Kier alpha value is -2.75. The van der Waals surface area contributed by atoms with Crippen molar-refractivity contribution >= 4 is 27.5 Å². The first kappa shape index (κ1) is 18.6. The number of halogens is 3. The van der Waals surface area contributed by atoms with Crippen LogP contribution in [0.2, 0.25) is 0 Å².